The molecule has 8 nitrogen and oxygen atoms in total. The molecule has 9 heteroatoms. The lowest BCUT2D eigenvalue weighted by Gasteiger charge is -2.27. The van der Waals surface area contributed by atoms with Gasteiger partial charge < -0.3 is 14.2 Å². The number of methoxy groups -OCH3 is 1. The summed E-state index contributed by atoms with van der Waals surface area (Å²) in [4.78, 5) is 25.0. The number of hydrogen-bond acceptors (Lipinski definition) is 7. The molecule has 0 radical (unpaired) electrons. The van der Waals surface area contributed by atoms with E-state index in [1.807, 2.05) is 55.5 Å². The quantitative estimate of drug-likeness (QED) is 0.0790. The average Bonchev–Trinajstić information content (AvgIpc) is 3.43. The van der Waals surface area contributed by atoms with Crippen molar-refractivity contribution in [2.45, 2.75) is 68.8 Å². The Labute approximate surface area is 289 Å². The number of carbonyl (C=O) groups excluding carboxylic acids is 2. The number of benzene rings is 4. The summed E-state index contributed by atoms with van der Waals surface area (Å²) in [5.41, 5.74) is 4.51. The van der Waals surface area contributed by atoms with Crippen LogP contribution in [0, 0.1) is 12.8 Å². The number of hydrogen-bond donors (Lipinski definition) is 1. The number of ether oxygens (including phenoxy) is 3. The highest BCUT2D eigenvalue weighted by molar-refractivity contribution is 7.89. The van der Waals surface area contributed by atoms with Gasteiger partial charge in [-0.05, 0) is 67.1 Å². The van der Waals surface area contributed by atoms with Gasteiger partial charge in [0.15, 0.2) is 0 Å². The first-order valence-electron chi connectivity index (χ1n) is 16.6. The zero-order valence-electron chi connectivity index (χ0n) is 27.9. The second-order valence-electron chi connectivity index (χ2n) is 12.3. The van der Waals surface area contributed by atoms with Crippen LogP contribution < -0.4 is 4.72 Å². The molecule has 4 atom stereocenters. The van der Waals surface area contributed by atoms with Gasteiger partial charge in [-0.25, -0.2) is 17.9 Å². The number of nitrogens with one attached hydrogen (secondary N) is 1. The van der Waals surface area contributed by atoms with Crippen LogP contribution in [0.3, 0.4) is 0 Å². The number of rotatable bonds is 15. The van der Waals surface area contributed by atoms with Crippen molar-refractivity contribution in [3.8, 4) is 11.1 Å². The molecule has 0 saturated heterocycles. The van der Waals surface area contributed by atoms with Crippen LogP contribution in [0.2, 0.25) is 0 Å². The molecule has 4 aromatic rings. The number of aryl methyl sites for hydroxylation is 1. The molecule has 256 valence electrons. The molecule has 0 unspecified atom stereocenters. The molecular formula is C40H43NO7S. The lowest BCUT2D eigenvalue weighted by Crippen LogP contribution is -2.46. The van der Waals surface area contributed by atoms with Crippen molar-refractivity contribution < 1.29 is 32.2 Å². The number of allylic oxidation sites excluding steroid dienone is 2. The third kappa shape index (κ3) is 9.98. The summed E-state index contributed by atoms with van der Waals surface area (Å²) in [5, 5.41) is 0. The van der Waals surface area contributed by atoms with Gasteiger partial charge in [-0.1, -0.05) is 103 Å². The molecule has 1 N–H and O–H groups in total. The van der Waals surface area contributed by atoms with Crippen LogP contribution in [0.4, 0.5) is 0 Å². The fraction of sp³-hybridized carbons (Fsp3) is 0.300. The van der Waals surface area contributed by atoms with Crippen molar-refractivity contribution in [1.29, 1.82) is 0 Å². The Bertz CT molecular complexity index is 1790. The van der Waals surface area contributed by atoms with E-state index in [9.17, 15) is 18.0 Å². The number of unbranched alkanes of at least 4 members (excludes halogenated alkanes) is 1. The Morgan fingerprint density at radius 2 is 1.47 bits per heavy atom. The Balaban J connectivity index is 1.39. The number of sulfonamides is 1. The van der Waals surface area contributed by atoms with E-state index in [2.05, 4.69) is 29.0 Å². The summed E-state index contributed by atoms with van der Waals surface area (Å²) >= 11 is 0. The van der Waals surface area contributed by atoms with E-state index >= 15 is 0 Å². The molecule has 0 spiro atoms. The largest absolute Gasteiger partial charge is 0.469 e. The van der Waals surface area contributed by atoms with Gasteiger partial charge in [-0.15, -0.1) is 0 Å². The van der Waals surface area contributed by atoms with E-state index in [4.69, 9.17) is 14.2 Å². The standard InChI is InChI=1S/C40H43NO7S/c1-29-19-25-34(26-20-29)49(44,45)41-39-35(17-11-3-4-12-18-38(42)46-2)36(27-37(39)48-40(43)33-15-9-6-10-16-33)47-28-30-21-23-32(24-22-30)31-13-7-5-8-14-31/h3,5-11,13-16,19-26,35-37,39,41H,4,12,17-18,27-28H2,1-2H3/b11-3-/t35-,36+,37+,39+/m0/s1. The molecule has 49 heavy (non-hydrogen) atoms. The van der Waals surface area contributed by atoms with Gasteiger partial charge >= 0.3 is 11.9 Å². The lowest BCUT2D eigenvalue weighted by atomic mass is 9.97. The molecule has 1 saturated carbocycles. The van der Waals surface area contributed by atoms with Crippen molar-refractivity contribution in [3.63, 3.8) is 0 Å². The molecule has 0 aromatic heterocycles. The van der Waals surface area contributed by atoms with Crippen LogP contribution in [-0.4, -0.2) is 45.7 Å². The van der Waals surface area contributed by atoms with E-state index in [0.717, 1.165) is 22.3 Å². The predicted molar refractivity (Wildman–Crippen MR) is 189 cm³/mol. The average molecular weight is 682 g/mol. The zero-order valence-corrected chi connectivity index (χ0v) is 28.7. The second kappa shape index (κ2) is 17.2. The van der Waals surface area contributed by atoms with Crippen LogP contribution in [0.25, 0.3) is 11.1 Å². The summed E-state index contributed by atoms with van der Waals surface area (Å²) in [6.45, 7) is 2.19. The predicted octanol–water partition coefficient (Wildman–Crippen LogP) is 7.43. The molecule has 0 heterocycles. The van der Waals surface area contributed by atoms with Crippen LogP contribution in [-0.2, 0) is 35.6 Å². The highest BCUT2D eigenvalue weighted by Gasteiger charge is 2.47. The molecule has 0 bridgehead atoms. The normalized spacial score (nSPS) is 19.1. The summed E-state index contributed by atoms with van der Waals surface area (Å²) in [6, 6.07) is 32.8. The Morgan fingerprint density at radius 1 is 0.816 bits per heavy atom. The highest BCUT2D eigenvalue weighted by Crippen LogP contribution is 2.36. The van der Waals surface area contributed by atoms with Crippen molar-refractivity contribution in [2.75, 3.05) is 7.11 Å². The van der Waals surface area contributed by atoms with E-state index in [1.165, 1.54) is 7.11 Å². The molecule has 5 rings (SSSR count). The van der Waals surface area contributed by atoms with Crippen molar-refractivity contribution in [2.24, 2.45) is 5.92 Å². The Kier molecular flexibility index (Phi) is 12.5. The van der Waals surface area contributed by atoms with Crippen molar-refractivity contribution in [3.05, 3.63) is 138 Å². The van der Waals surface area contributed by atoms with Gasteiger partial charge in [-0.3, -0.25) is 4.79 Å². The van der Waals surface area contributed by atoms with Gasteiger partial charge in [0.2, 0.25) is 10.0 Å². The molecule has 1 aliphatic carbocycles. The smallest absolute Gasteiger partial charge is 0.338 e. The molecular weight excluding hydrogens is 639 g/mol. The monoisotopic (exact) mass is 681 g/mol. The Morgan fingerprint density at radius 3 is 2.14 bits per heavy atom. The van der Waals surface area contributed by atoms with Crippen LogP contribution in [0.5, 0.6) is 0 Å². The van der Waals surface area contributed by atoms with Crippen LogP contribution in [0.15, 0.2) is 126 Å². The molecule has 0 aliphatic heterocycles. The van der Waals surface area contributed by atoms with Gasteiger partial charge in [0.05, 0.1) is 36.3 Å². The van der Waals surface area contributed by atoms with Gasteiger partial charge in [0.1, 0.15) is 6.10 Å². The highest BCUT2D eigenvalue weighted by atomic mass is 32.2. The first kappa shape index (κ1) is 35.7. The van der Waals surface area contributed by atoms with Crippen LogP contribution in [0.1, 0.15) is 53.6 Å². The van der Waals surface area contributed by atoms with Crippen molar-refractivity contribution in [1.82, 2.24) is 4.72 Å². The fourth-order valence-electron chi connectivity index (χ4n) is 6.04. The van der Waals surface area contributed by atoms with Crippen LogP contribution >= 0.6 is 0 Å². The van der Waals surface area contributed by atoms with E-state index in [1.54, 1.807) is 48.5 Å². The first-order valence-corrected chi connectivity index (χ1v) is 18.0. The third-order valence-electron chi connectivity index (χ3n) is 8.77. The topological polar surface area (TPSA) is 108 Å². The molecule has 0 amide bonds. The van der Waals surface area contributed by atoms with E-state index in [0.29, 0.717) is 44.3 Å². The second-order valence-corrected chi connectivity index (χ2v) is 14.0. The lowest BCUT2D eigenvalue weighted by molar-refractivity contribution is -0.140. The summed E-state index contributed by atoms with van der Waals surface area (Å²) in [6.07, 6.45) is 5.15. The minimum absolute atomic E-state index is 0.131. The maximum Gasteiger partial charge on any atom is 0.338 e. The number of carbonyl (C=O) groups is 2. The number of esters is 2. The minimum Gasteiger partial charge on any atom is -0.469 e. The maximum atomic E-state index is 13.7. The Hall–Kier alpha value is -4.57. The van der Waals surface area contributed by atoms with Gasteiger partial charge in [-0.2, -0.15) is 0 Å². The summed E-state index contributed by atoms with van der Waals surface area (Å²) in [7, 11) is -2.60. The summed E-state index contributed by atoms with van der Waals surface area (Å²) in [5.74, 6) is -1.14. The molecule has 1 aliphatic rings. The summed E-state index contributed by atoms with van der Waals surface area (Å²) < 4.78 is 47.7. The zero-order chi connectivity index (χ0) is 34.6. The minimum atomic E-state index is -3.97. The fourth-order valence-corrected chi connectivity index (χ4v) is 7.36. The third-order valence-corrected chi connectivity index (χ3v) is 10.2. The van der Waals surface area contributed by atoms with Gasteiger partial charge in [0, 0.05) is 18.8 Å². The maximum absolute atomic E-state index is 13.7. The van der Waals surface area contributed by atoms with E-state index < -0.39 is 34.2 Å². The molecule has 1 fully saturated rings. The van der Waals surface area contributed by atoms with Crippen molar-refractivity contribution >= 4 is 22.0 Å². The molecule has 4 aromatic carbocycles. The van der Waals surface area contributed by atoms with E-state index in [-0.39, 0.29) is 16.8 Å². The SMILES string of the molecule is COC(=O)CCC/C=C\C[C@@H]1[C@@H](NS(=O)(=O)c2ccc(C)cc2)[C@H](OC(=O)c2ccccc2)C[C@H]1OCc1ccc(-c2ccccc2)cc1. The van der Waals surface area contributed by atoms with Gasteiger partial charge in [0.25, 0.3) is 0 Å². The first-order chi connectivity index (χ1) is 23.7.